The zero-order valence-electron chi connectivity index (χ0n) is 9.86. The molecule has 0 heterocycles. The number of hydrogen-bond donors (Lipinski definition) is 1. The Morgan fingerprint density at radius 2 is 2.06 bits per heavy atom. The summed E-state index contributed by atoms with van der Waals surface area (Å²) in [4.78, 5) is 0. The predicted molar refractivity (Wildman–Crippen MR) is 68.3 cm³/mol. The number of hydrogen-bond acceptors (Lipinski definition) is 3. The van der Waals surface area contributed by atoms with Crippen LogP contribution in [0.3, 0.4) is 0 Å². The maximum atomic E-state index is 8.88. The van der Waals surface area contributed by atoms with E-state index < -0.39 is 0 Å². The lowest BCUT2D eigenvalue weighted by atomic mass is 10.2. The molecule has 0 saturated heterocycles. The minimum atomic E-state index is -0.0185. The first kappa shape index (κ1) is 14.0. The number of benzene rings is 1. The minimum Gasteiger partial charge on any atom is -0.497 e. The lowest BCUT2D eigenvalue weighted by Crippen LogP contribution is -1.99. The molecular weight excluding hydrogens is 240 g/mol. The Kier molecular flexibility index (Phi) is 6.70. The predicted octanol–water partition coefficient (Wildman–Crippen LogP) is 2.72. The van der Waals surface area contributed by atoms with Crippen LogP contribution < -0.4 is 4.74 Å². The van der Waals surface area contributed by atoms with Gasteiger partial charge in [0.1, 0.15) is 5.75 Å². The number of aliphatic hydroxyl groups excluding tert-OH is 1. The van der Waals surface area contributed by atoms with Crippen molar-refractivity contribution in [2.45, 2.75) is 13.0 Å². The molecule has 0 atom stereocenters. The lowest BCUT2D eigenvalue weighted by molar-refractivity contribution is 0.121. The molecule has 0 saturated carbocycles. The van der Waals surface area contributed by atoms with Gasteiger partial charge in [-0.2, -0.15) is 0 Å². The third-order valence-corrected chi connectivity index (χ3v) is 2.66. The molecule has 3 nitrogen and oxygen atoms in total. The van der Waals surface area contributed by atoms with Crippen LogP contribution in [0.5, 0.6) is 5.75 Å². The van der Waals surface area contributed by atoms with E-state index in [4.69, 9.17) is 26.2 Å². The van der Waals surface area contributed by atoms with Crippen molar-refractivity contribution in [2.24, 2.45) is 0 Å². The van der Waals surface area contributed by atoms with E-state index >= 15 is 0 Å². The molecule has 0 aromatic heterocycles. The Labute approximate surface area is 107 Å². The summed E-state index contributed by atoms with van der Waals surface area (Å²) in [6.07, 6.45) is 0.649. The zero-order chi connectivity index (χ0) is 12.5. The molecule has 1 rings (SSSR count). The van der Waals surface area contributed by atoms with Gasteiger partial charge in [0, 0.05) is 5.54 Å². The summed E-state index contributed by atoms with van der Waals surface area (Å²) >= 11 is 5.51. The molecule has 0 spiro atoms. The van der Waals surface area contributed by atoms with E-state index in [9.17, 15) is 0 Å². The molecular formula is C13H17ClO3. The Hall–Kier alpha value is -1.03. The molecule has 0 aliphatic heterocycles. The van der Waals surface area contributed by atoms with E-state index in [1.54, 1.807) is 7.11 Å². The Balaban J connectivity index is 2.26. The van der Waals surface area contributed by atoms with Gasteiger partial charge in [-0.05, 0) is 29.7 Å². The van der Waals surface area contributed by atoms with Gasteiger partial charge in [-0.25, -0.2) is 0 Å². The van der Waals surface area contributed by atoms with Crippen LogP contribution in [0, 0.1) is 0 Å². The molecule has 0 fully saturated rings. The molecule has 0 aliphatic carbocycles. The summed E-state index contributed by atoms with van der Waals surface area (Å²) < 4.78 is 10.5. The lowest BCUT2D eigenvalue weighted by Gasteiger charge is -2.06. The van der Waals surface area contributed by atoms with Crippen molar-refractivity contribution in [3.05, 3.63) is 40.9 Å². The standard InChI is InChI=1S/C13H17ClO3/c1-16-13-4-2-11(3-5-13)10-17-7-6-12(8-14)9-15/h2-5,8,15H,6-7,9-10H2,1H3/b12-8+. The molecule has 1 aromatic carbocycles. The SMILES string of the molecule is COc1ccc(COCC/C(=C\Cl)CO)cc1. The van der Waals surface area contributed by atoms with Crippen LogP contribution in [-0.4, -0.2) is 25.4 Å². The van der Waals surface area contributed by atoms with Crippen LogP contribution in [0.2, 0.25) is 0 Å². The summed E-state index contributed by atoms with van der Waals surface area (Å²) in [5, 5.41) is 8.88. The van der Waals surface area contributed by atoms with Gasteiger partial charge in [-0.3, -0.25) is 0 Å². The largest absolute Gasteiger partial charge is 0.497 e. The maximum Gasteiger partial charge on any atom is 0.118 e. The number of rotatable bonds is 7. The van der Waals surface area contributed by atoms with Crippen molar-refractivity contribution >= 4 is 11.6 Å². The fraction of sp³-hybridized carbons (Fsp3) is 0.385. The molecule has 17 heavy (non-hydrogen) atoms. The first-order valence-corrected chi connectivity index (χ1v) is 5.83. The highest BCUT2D eigenvalue weighted by atomic mass is 35.5. The minimum absolute atomic E-state index is 0.0185. The van der Waals surface area contributed by atoms with Gasteiger partial charge in [0.25, 0.3) is 0 Å². The van der Waals surface area contributed by atoms with Crippen LogP contribution in [0.15, 0.2) is 35.4 Å². The Bertz CT molecular complexity index is 346. The van der Waals surface area contributed by atoms with Crippen molar-refractivity contribution in [2.75, 3.05) is 20.3 Å². The highest BCUT2D eigenvalue weighted by molar-refractivity contribution is 6.25. The van der Waals surface area contributed by atoms with Crippen LogP contribution in [0.25, 0.3) is 0 Å². The van der Waals surface area contributed by atoms with Crippen LogP contribution >= 0.6 is 11.6 Å². The van der Waals surface area contributed by atoms with Crippen LogP contribution in [0.4, 0.5) is 0 Å². The monoisotopic (exact) mass is 256 g/mol. The van der Waals surface area contributed by atoms with Gasteiger partial charge in [-0.1, -0.05) is 23.7 Å². The second-order valence-corrected chi connectivity index (χ2v) is 3.79. The molecule has 0 aliphatic rings. The molecule has 0 bridgehead atoms. The third-order valence-electron chi connectivity index (χ3n) is 2.35. The average molecular weight is 257 g/mol. The Morgan fingerprint density at radius 1 is 1.35 bits per heavy atom. The van der Waals surface area contributed by atoms with E-state index in [2.05, 4.69) is 0 Å². The van der Waals surface area contributed by atoms with Crippen LogP contribution in [0.1, 0.15) is 12.0 Å². The Morgan fingerprint density at radius 3 is 2.59 bits per heavy atom. The van der Waals surface area contributed by atoms with E-state index in [0.29, 0.717) is 19.6 Å². The maximum absolute atomic E-state index is 8.88. The molecule has 94 valence electrons. The zero-order valence-corrected chi connectivity index (χ0v) is 10.6. The van der Waals surface area contributed by atoms with Gasteiger partial charge in [0.2, 0.25) is 0 Å². The summed E-state index contributed by atoms with van der Waals surface area (Å²) in [7, 11) is 1.64. The van der Waals surface area contributed by atoms with Gasteiger partial charge >= 0.3 is 0 Å². The number of methoxy groups -OCH3 is 1. The number of ether oxygens (including phenoxy) is 2. The van der Waals surface area contributed by atoms with E-state index in [0.717, 1.165) is 16.9 Å². The first-order valence-electron chi connectivity index (χ1n) is 5.39. The molecule has 0 unspecified atom stereocenters. The normalized spacial score (nSPS) is 11.6. The molecule has 0 amide bonds. The van der Waals surface area contributed by atoms with Crippen molar-refractivity contribution in [3.8, 4) is 5.75 Å². The third kappa shape index (κ3) is 5.22. The van der Waals surface area contributed by atoms with Crippen molar-refractivity contribution in [1.82, 2.24) is 0 Å². The topological polar surface area (TPSA) is 38.7 Å². The van der Waals surface area contributed by atoms with Crippen LogP contribution in [-0.2, 0) is 11.3 Å². The quantitative estimate of drug-likeness (QED) is 0.763. The second-order valence-electron chi connectivity index (χ2n) is 3.58. The summed E-state index contributed by atoms with van der Waals surface area (Å²) in [5.74, 6) is 0.835. The molecule has 0 radical (unpaired) electrons. The summed E-state index contributed by atoms with van der Waals surface area (Å²) in [5.41, 5.74) is 3.27. The summed E-state index contributed by atoms with van der Waals surface area (Å²) in [6, 6.07) is 7.72. The van der Waals surface area contributed by atoms with Crippen molar-refractivity contribution in [1.29, 1.82) is 0 Å². The van der Waals surface area contributed by atoms with Crippen molar-refractivity contribution in [3.63, 3.8) is 0 Å². The molecule has 4 heteroatoms. The van der Waals surface area contributed by atoms with Gasteiger partial charge < -0.3 is 14.6 Å². The number of aliphatic hydroxyl groups is 1. The highest BCUT2D eigenvalue weighted by Gasteiger charge is 1.97. The second kappa shape index (κ2) is 8.12. The average Bonchev–Trinajstić information content (AvgIpc) is 2.40. The van der Waals surface area contributed by atoms with Crippen molar-refractivity contribution < 1.29 is 14.6 Å². The molecule has 1 aromatic rings. The van der Waals surface area contributed by atoms with E-state index in [1.807, 2.05) is 24.3 Å². The first-order chi connectivity index (χ1) is 8.30. The fourth-order valence-electron chi connectivity index (χ4n) is 1.28. The number of halogens is 1. The van der Waals surface area contributed by atoms with Gasteiger partial charge in [0.15, 0.2) is 0 Å². The highest BCUT2D eigenvalue weighted by Crippen LogP contribution is 2.12. The van der Waals surface area contributed by atoms with E-state index in [1.165, 1.54) is 5.54 Å². The van der Waals surface area contributed by atoms with E-state index in [-0.39, 0.29) is 6.61 Å². The van der Waals surface area contributed by atoms with Gasteiger partial charge in [-0.15, -0.1) is 0 Å². The summed E-state index contributed by atoms with van der Waals surface area (Å²) in [6.45, 7) is 1.07. The van der Waals surface area contributed by atoms with Gasteiger partial charge in [0.05, 0.1) is 26.9 Å². The fourth-order valence-corrected chi connectivity index (χ4v) is 1.46. The smallest absolute Gasteiger partial charge is 0.118 e. The molecule has 1 N–H and O–H groups in total.